The highest BCUT2D eigenvalue weighted by Gasteiger charge is 2.36. The molecule has 0 N–H and O–H groups in total. The number of hydrogen-bond donors (Lipinski definition) is 0. The fraction of sp³-hybridized carbons (Fsp3) is 0.385. The van der Waals surface area contributed by atoms with Gasteiger partial charge in [-0.2, -0.15) is 0 Å². The lowest BCUT2D eigenvalue weighted by Gasteiger charge is -2.36. The zero-order valence-corrected chi connectivity index (χ0v) is 39.0. The average molecular weight is 905 g/mol. The van der Waals surface area contributed by atoms with Crippen molar-refractivity contribution in [2.24, 2.45) is 11.8 Å². The summed E-state index contributed by atoms with van der Waals surface area (Å²) in [6.07, 6.45) is 14.5. The summed E-state index contributed by atoms with van der Waals surface area (Å²) in [7, 11) is -6.33. The maximum absolute atomic E-state index is 12.0. The monoisotopic (exact) mass is 904 g/mol. The van der Waals surface area contributed by atoms with Crippen molar-refractivity contribution in [3.63, 3.8) is 0 Å². The summed E-state index contributed by atoms with van der Waals surface area (Å²) < 4.78 is 61.5. The molecule has 12 heteroatoms. The van der Waals surface area contributed by atoms with E-state index in [9.17, 15) is 26.4 Å². The lowest BCUT2D eigenvalue weighted by molar-refractivity contribution is -0.143. The molecule has 4 aromatic rings. The number of carbonyl (C=O) groups is 2. The lowest BCUT2D eigenvalue weighted by atomic mass is 9.74. The summed E-state index contributed by atoms with van der Waals surface area (Å²) in [4.78, 5) is 24.0. The predicted molar refractivity (Wildman–Crippen MR) is 255 cm³/mol. The van der Waals surface area contributed by atoms with E-state index < -0.39 is 20.0 Å². The van der Waals surface area contributed by atoms with Gasteiger partial charge in [0.2, 0.25) is 20.0 Å². The first-order chi connectivity index (χ1) is 30.8. The maximum atomic E-state index is 12.0. The predicted octanol–water partition coefficient (Wildman–Crippen LogP) is 9.15. The zero-order valence-electron chi connectivity index (χ0n) is 37.3. The molecule has 0 radical (unpaired) electrons. The molecular weight excluding hydrogens is 845 g/mol. The quantitative estimate of drug-likeness (QED) is 0.108. The molecule has 2 aliphatic carbocycles. The minimum Gasteiger partial charge on any atom is -0.466 e. The van der Waals surface area contributed by atoms with Crippen molar-refractivity contribution in [1.82, 2.24) is 8.61 Å². The maximum Gasteiger partial charge on any atom is 0.330 e. The molecule has 4 aromatic carbocycles. The first-order valence-corrected chi connectivity index (χ1v) is 26.2. The highest BCUT2D eigenvalue weighted by Crippen LogP contribution is 2.47. The third-order valence-corrected chi connectivity index (χ3v) is 15.6. The van der Waals surface area contributed by atoms with Crippen molar-refractivity contribution >= 4 is 55.3 Å². The fourth-order valence-electron chi connectivity index (χ4n) is 10.0. The normalized spacial score (nSPS) is 19.6. The van der Waals surface area contributed by atoms with Crippen LogP contribution in [0.15, 0.2) is 109 Å². The number of ether oxygens (including phenoxy) is 2. The Hall–Kier alpha value is -5.14. The minimum absolute atomic E-state index is 0.161. The number of esters is 2. The van der Waals surface area contributed by atoms with Crippen LogP contribution >= 0.6 is 0 Å². The molecule has 0 spiro atoms. The number of allylic oxidation sites excluding steroid dienone is 3. The SMILES string of the molecule is CCOC(=O)/C=C/C1=Cc2ccccc2C(C2CCN(S(C)(=O)=O)CC2)c2ccccc21.CCOC(=O)CCC1=Cc2ccccc2C(C2CCN(S(C)(=O)=O)CC2)c2ccccc21. The van der Waals surface area contributed by atoms with Crippen LogP contribution in [0.25, 0.3) is 23.3 Å². The second-order valence-corrected chi connectivity index (χ2v) is 21.0. The number of rotatable bonds is 11. The van der Waals surface area contributed by atoms with Gasteiger partial charge < -0.3 is 9.47 Å². The van der Waals surface area contributed by atoms with Gasteiger partial charge in [0.25, 0.3) is 0 Å². The van der Waals surface area contributed by atoms with Gasteiger partial charge in [0, 0.05) is 50.5 Å². The Morgan fingerprint density at radius 2 is 1.03 bits per heavy atom. The van der Waals surface area contributed by atoms with Crippen molar-refractivity contribution in [2.45, 2.75) is 64.2 Å². The Morgan fingerprint density at radius 3 is 1.53 bits per heavy atom. The van der Waals surface area contributed by atoms with Crippen LogP contribution in [0, 0.1) is 11.8 Å². The molecule has 2 fully saturated rings. The molecule has 64 heavy (non-hydrogen) atoms. The van der Waals surface area contributed by atoms with E-state index in [0.29, 0.717) is 64.1 Å². The van der Waals surface area contributed by atoms with E-state index in [1.165, 1.54) is 52.0 Å². The smallest absolute Gasteiger partial charge is 0.330 e. The Morgan fingerprint density at radius 1 is 0.594 bits per heavy atom. The molecular formula is C52H60N2O8S2. The van der Waals surface area contributed by atoms with Gasteiger partial charge in [-0.05, 0) is 126 Å². The molecule has 0 amide bonds. The molecule has 0 saturated carbocycles. The van der Waals surface area contributed by atoms with E-state index in [1.54, 1.807) is 15.5 Å². The van der Waals surface area contributed by atoms with Crippen molar-refractivity contribution in [2.75, 3.05) is 51.9 Å². The summed E-state index contributed by atoms with van der Waals surface area (Å²) >= 11 is 0. The topological polar surface area (TPSA) is 127 Å². The summed E-state index contributed by atoms with van der Waals surface area (Å²) in [6, 6.07) is 33.7. The van der Waals surface area contributed by atoms with Gasteiger partial charge in [0.1, 0.15) is 0 Å². The lowest BCUT2D eigenvalue weighted by Crippen LogP contribution is -2.39. The third-order valence-electron chi connectivity index (χ3n) is 13.0. The Kier molecular flexibility index (Phi) is 15.2. The first-order valence-electron chi connectivity index (χ1n) is 22.5. The van der Waals surface area contributed by atoms with Crippen LogP contribution in [0.3, 0.4) is 0 Å². The van der Waals surface area contributed by atoms with Crippen molar-refractivity contribution < 1.29 is 35.9 Å². The molecule has 4 aliphatic rings. The average Bonchev–Trinajstić information content (AvgIpc) is 3.52. The summed E-state index contributed by atoms with van der Waals surface area (Å²) in [5.74, 6) is 0.515. The van der Waals surface area contributed by atoms with Crippen LogP contribution in [0.5, 0.6) is 0 Å². The van der Waals surface area contributed by atoms with E-state index in [2.05, 4.69) is 97.1 Å². The number of benzene rings is 4. The molecule has 10 nitrogen and oxygen atoms in total. The van der Waals surface area contributed by atoms with Crippen LogP contribution in [-0.4, -0.2) is 89.3 Å². The summed E-state index contributed by atoms with van der Waals surface area (Å²) in [5, 5.41) is 0. The van der Waals surface area contributed by atoms with Gasteiger partial charge in [-0.25, -0.2) is 30.2 Å². The number of fused-ring (bicyclic) bond motifs is 4. The van der Waals surface area contributed by atoms with E-state index in [4.69, 9.17) is 9.47 Å². The van der Waals surface area contributed by atoms with E-state index in [0.717, 1.165) is 48.0 Å². The molecule has 338 valence electrons. The summed E-state index contributed by atoms with van der Waals surface area (Å²) in [6.45, 7) is 6.58. The standard InChI is InChI=1S/C26H31NO4S.C26H29NO4S/c2*1-3-31-25(28)13-12-21-18-20-8-4-5-10-23(20)26(24-11-7-6-9-22(21)24)19-14-16-27(17-15-19)32(2,29)30/h4-11,18-19,26H,3,12-17H2,1-2H3;4-13,18-19,26H,3,14-17H2,1-2H3/b;13-12+. The molecule has 2 aliphatic heterocycles. The molecule has 0 bridgehead atoms. The van der Waals surface area contributed by atoms with E-state index in [-0.39, 0.29) is 23.8 Å². The molecule has 2 unspecified atom stereocenters. The second-order valence-electron chi connectivity index (χ2n) is 17.0. The van der Waals surface area contributed by atoms with Gasteiger partial charge in [0.15, 0.2) is 0 Å². The van der Waals surface area contributed by atoms with E-state index in [1.807, 2.05) is 25.1 Å². The van der Waals surface area contributed by atoms with Gasteiger partial charge in [-0.3, -0.25) is 4.79 Å². The fourth-order valence-corrected chi connectivity index (χ4v) is 11.8. The highest BCUT2D eigenvalue weighted by molar-refractivity contribution is 7.88. The van der Waals surface area contributed by atoms with Crippen LogP contribution < -0.4 is 0 Å². The molecule has 2 atom stereocenters. The third kappa shape index (κ3) is 11.0. The summed E-state index contributed by atoms with van der Waals surface area (Å²) in [5.41, 5.74) is 11.7. The van der Waals surface area contributed by atoms with Gasteiger partial charge in [-0.1, -0.05) is 103 Å². The highest BCUT2D eigenvalue weighted by atomic mass is 32.2. The van der Waals surface area contributed by atoms with Crippen molar-refractivity contribution in [1.29, 1.82) is 0 Å². The molecule has 0 aromatic heterocycles. The van der Waals surface area contributed by atoms with Gasteiger partial charge in [-0.15, -0.1) is 0 Å². The van der Waals surface area contributed by atoms with Crippen LogP contribution in [0.1, 0.15) is 109 Å². The van der Waals surface area contributed by atoms with Crippen LogP contribution in [-0.2, 0) is 39.1 Å². The largest absolute Gasteiger partial charge is 0.466 e. The minimum atomic E-state index is -3.17. The molecule has 8 rings (SSSR count). The Balaban J connectivity index is 0.000000191. The molecule has 2 heterocycles. The number of sulfonamides is 2. The molecule has 2 saturated heterocycles. The van der Waals surface area contributed by atoms with Gasteiger partial charge in [0.05, 0.1) is 25.7 Å². The van der Waals surface area contributed by atoms with Gasteiger partial charge >= 0.3 is 11.9 Å². The number of carbonyl (C=O) groups excluding carboxylic acids is 2. The Bertz CT molecular complexity index is 2640. The van der Waals surface area contributed by atoms with Crippen LogP contribution in [0.4, 0.5) is 0 Å². The zero-order chi connectivity index (χ0) is 45.4. The number of hydrogen-bond acceptors (Lipinski definition) is 8. The van der Waals surface area contributed by atoms with Crippen LogP contribution in [0.2, 0.25) is 0 Å². The van der Waals surface area contributed by atoms with Crippen molar-refractivity contribution in [3.8, 4) is 0 Å². The second kappa shape index (κ2) is 20.8. The Labute approximate surface area is 379 Å². The number of nitrogens with zero attached hydrogens (tertiary/aromatic N) is 2. The number of piperidine rings is 2. The van der Waals surface area contributed by atoms with Crippen molar-refractivity contribution in [3.05, 3.63) is 154 Å². The first kappa shape index (κ1) is 46.8. The van der Waals surface area contributed by atoms with E-state index >= 15 is 0 Å².